The van der Waals surface area contributed by atoms with Gasteiger partial charge in [0.05, 0.1) is 4.92 Å². The third-order valence-electron chi connectivity index (χ3n) is 3.66. The third kappa shape index (κ3) is 2.89. The number of amides is 1. The van der Waals surface area contributed by atoms with Crippen LogP contribution in [0, 0.1) is 15.5 Å². The highest BCUT2D eigenvalue weighted by Gasteiger charge is 2.30. The van der Waals surface area contributed by atoms with Crippen molar-refractivity contribution in [3.63, 3.8) is 0 Å². The smallest absolute Gasteiger partial charge is 0.292 e. The summed E-state index contributed by atoms with van der Waals surface area (Å²) in [6.07, 6.45) is 2.04. The Bertz CT molecular complexity index is 555. The van der Waals surface area contributed by atoms with Crippen LogP contribution in [0.3, 0.4) is 0 Å². The molecule has 6 nitrogen and oxygen atoms in total. The maximum Gasteiger partial charge on any atom is 0.292 e. The molecule has 2 N–H and O–H groups in total. The van der Waals surface area contributed by atoms with Crippen LogP contribution in [0.15, 0.2) is 18.2 Å². The molecule has 0 radical (unpaired) electrons. The first-order valence-electron chi connectivity index (χ1n) is 6.63. The van der Waals surface area contributed by atoms with Gasteiger partial charge in [0.2, 0.25) is 0 Å². The van der Waals surface area contributed by atoms with E-state index in [0.29, 0.717) is 18.7 Å². The van der Waals surface area contributed by atoms with E-state index in [0.717, 1.165) is 12.8 Å². The molecule has 0 aliphatic carbocycles. The van der Waals surface area contributed by atoms with Crippen molar-refractivity contribution in [2.75, 3.05) is 18.8 Å². The van der Waals surface area contributed by atoms with Crippen molar-refractivity contribution in [1.82, 2.24) is 4.90 Å². The van der Waals surface area contributed by atoms with Crippen LogP contribution in [-0.4, -0.2) is 28.8 Å². The average Bonchev–Trinajstić information content (AvgIpc) is 2.37. The Hall–Kier alpha value is -2.11. The van der Waals surface area contributed by atoms with Crippen molar-refractivity contribution in [3.8, 4) is 0 Å². The van der Waals surface area contributed by atoms with E-state index in [1.807, 2.05) is 0 Å². The molecule has 108 valence electrons. The molecular formula is C14H19N3O3. The van der Waals surface area contributed by atoms with Crippen LogP contribution in [0.2, 0.25) is 0 Å². The number of nitrogens with two attached hydrogens (primary N) is 1. The summed E-state index contributed by atoms with van der Waals surface area (Å²) in [5, 5.41) is 10.9. The van der Waals surface area contributed by atoms with Gasteiger partial charge < -0.3 is 10.6 Å². The zero-order chi connectivity index (χ0) is 14.9. The summed E-state index contributed by atoms with van der Waals surface area (Å²) in [5.41, 5.74) is 5.82. The van der Waals surface area contributed by atoms with Gasteiger partial charge in [-0.15, -0.1) is 0 Å². The normalized spacial score (nSPS) is 17.8. The van der Waals surface area contributed by atoms with Crippen LogP contribution < -0.4 is 5.73 Å². The molecule has 0 unspecified atom stereocenters. The summed E-state index contributed by atoms with van der Waals surface area (Å²) < 4.78 is 0. The van der Waals surface area contributed by atoms with Crippen molar-refractivity contribution in [2.24, 2.45) is 5.41 Å². The van der Waals surface area contributed by atoms with Gasteiger partial charge in [-0.1, -0.05) is 13.8 Å². The summed E-state index contributed by atoms with van der Waals surface area (Å²) in [6.45, 7) is 5.61. The molecule has 1 aliphatic heterocycles. The van der Waals surface area contributed by atoms with Gasteiger partial charge in [0.25, 0.3) is 11.6 Å². The molecule has 0 bridgehead atoms. The largest absolute Gasteiger partial charge is 0.393 e. The van der Waals surface area contributed by atoms with Gasteiger partial charge in [-0.2, -0.15) is 0 Å². The van der Waals surface area contributed by atoms with Crippen LogP contribution >= 0.6 is 0 Å². The number of likely N-dealkylation sites (tertiary alicyclic amines) is 1. The Labute approximate surface area is 117 Å². The molecule has 1 aromatic carbocycles. The zero-order valence-corrected chi connectivity index (χ0v) is 11.8. The molecule has 6 heteroatoms. The number of nitro groups is 1. The SMILES string of the molecule is CC1(C)CCCN(C(=O)c2ccc(N)c([N+](=O)[O-])c2)C1. The number of benzene rings is 1. The number of hydrogen-bond acceptors (Lipinski definition) is 4. The minimum Gasteiger partial charge on any atom is -0.393 e. The number of nitro benzene ring substituents is 1. The van der Waals surface area contributed by atoms with E-state index in [-0.39, 0.29) is 22.7 Å². The fraction of sp³-hybridized carbons (Fsp3) is 0.500. The van der Waals surface area contributed by atoms with Crippen molar-refractivity contribution >= 4 is 17.3 Å². The van der Waals surface area contributed by atoms with Crippen molar-refractivity contribution in [2.45, 2.75) is 26.7 Å². The molecule has 20 heavy (non-hydrogen) atoms. The van der Waals surface area contributed by atoms with Gasteiger partial charge in [-0.25, -0.2) is 0 Å². The maximum absolute atomic E-state index is 12.4. The molecule has 2 rings (SSSR count). The highest BCUT2D eigenvalue weighted by Crippen LogP contribution is 2.30. The number of nitrogens with zero attached hydrogens (tertiary/aromatic N) is 2. The Kier molecular flexibility index (Phi) is 3.65. The maximum atomic E-state index is 12.4. The Balaban J connectivity index is 2.25. The number of piperidine rings is 1. The summed E-state index contributed by atoms with van der Waals surface area (Å²) >= 11 is 0. The fourth-order valence-corrected chi connectivity index (χ4v) is 2.61. The van der Waals surface area contributed by atoms with E-state index >= 15 is 0 Å². The Morgan fingerprint density at radius 3 is 2.75 bits per heavy atom. The summed E-state index contributed by atoms with van der Waals surface area (Å²) in [7, 11) is 0. The van der Waals surface area contributed by atoms with Crippen LogP contribution in [0.5, 0.6) is 0 Å². The van der Waals surface area contributed by atoms with Crippen LogP contribution in [0.1, 0.15) is 37.0 Å². The van der Waals surface area contributed by atoms with E-state index in [2.05, 4.69) is 13.8 Å². The number of anilines is 1. The number of rotatable bonds is 2. The summed E-state index contributed by atoms with van der Waals surface area (Å²) in [5.74, 6) is -0.166. The van der Waals surface area contributed by atoms with Crippen LogP contribution in [0.4, 0.5) is 11.4 Å². The van der Waals surface area contributed by atoms with Crippen molar-refractivity contribution in [1.29, 1.82) is 0 Å². The molecule has 1 aromatic rings. The number of hydrogen-bond donors (Lipinski definition) is 1. The molecule has 0 spiro atoms. The van der Waals surface area contributed by atoms with Gasteiger partial charge >= 0.3 is 0 Å². The van der Waals surface area contributed by atoms with Crippen LogP contribution in [-0.2, 0) is 0 Å². The van der Waals surface area contributed by atoms with Crippen molar-refractivity contribution in [3.05, 3.63) is 33.9 Å². The van der Waals surface area contributed by atoms with E-state index in [1.54, 1.807) is 11.0 Å². The second kappa shape index (κ2) is 5.11. The van der Waals surface area contributed by atoms with E-state index < -0.39 is 4.92 Å². The summed E-state index contributed by atoms with van der Waals surface area (Å²) in [4.78, 5) is 24.5. The lowest BCUT2D eigenvalue weighted by Crippen LogP contribution is -2.43. The zero-order valence-electron chi connectivity index (χ0n) is 11.8. The lowest BCUT2D eigenvalue weighted by atomic mass is 9.84. The minimum atomic E-state index is -0.563. The first-order valence-corrected chi connectivity index (χ1v) is 6.63. The highest BCUT2D eigenvalue weighted by molar-refractivity contribution is 5.95. The molecule has 0 atom stereocenters. The molecule has 1 fully saturated rings. The van der Waals surface area contributed by atoms with Crippen molar-refractivity contribution < 1.29 is 9.72 Å². The molecule has 1 amide bonds. The van der Waals surface area contributed by atoms with E-state index in [9.17, 15) is 14.9 Å². The first-order chi connectivity index (χ1) is 9.30. The molecule has 1 aliphatic rings. The Morgan fingerprint density at radius 1 is 1.45 bits per heavy atom. The number of carbonyl (C=O) groups is 1. The molecule has 0 saturated carbocycles. The van der Waals surface area contributed by atoms with Gasteiger partial charge in [0.1, 0.15) is 5.69 Å². The van der Waals surface area contributed by atoms with E-state index in [1.165, 1.54) is 12.1 Å². The van der Waals surface area contributed by atoms with Gasteiger partial charge in [-0.3, -0.25) is 14.9 Å². The third-order valence-corrected chi connectivity index (χ3v) is 3.66. The predicted octanol–water partition coefficient (Wildman–Crippen LogP) is 2.44. The first kappa shape index (κ1) is 14.3. The fourth-order valence-electron chi connectivity index (χ4n) is 2.61. The monoisotopic (exact) mass is 277 g/mol. The molecule has 1 heterocycles. The lowest BCUT2D eigenvalue weighted by molar-refractivity contribution is -0.383. The second-order valence-electron chi connectivity index (χ2n) is 6.03. The minimum absolute atomic E-state index is 0.0746. The lowest BCUT2D eigenvalue weighted by Gasteiger charge is -2.38. The van der Waals surface area contributed by atoms with Gasteiger partial charge in [-0.05, 0) is 30.4 Å². The second-order valence-corrected chi connectivity index (χ2v) is 6.03. The predicted molar refractivity (Wildman–Crippen MR) is 76.4 cm³/mol. The molecular weight excluding hydrogens is 258 g/mol. The van der Waals surface area contributed by atoms with Gasteiger partial charge in [0.15, 0.2) is 0 Å². The topological polar surface area (TPSA) is 89.5 Å². The average molecular weight is 277 g/mol. The molecule has 1 saturated heterocycles. The van der Waals surface area contributed by atoms with E-state index in [4.69, 9.17) is 5.73 Å². The highest BCUT2D eigenvalue weighted by atomic mass is 16.6. The quantitative estimate of drug-likeness (QED) is 0.510. The molecule has 0 aromatic heterocycles. The summed E-state index contributed by atoms with van der Waals surface area (Å²) in [6, 6.07) is 4.23. The standard InChI is InChI=1S/C14H19N3O3/c1-14(2)6-3-7-16(9-14)13(18)10-4-5-11(15)12(8-10)17(19)20/h4-5,8H,3,6-7,9,15H2,1-2H3. The van der Waals surface area contributed by atoms with Gasteiger partial charge in [0, 0.05) is 24.7 Å². The van der Waals surface area contributed by atoms with Crippen LogP contribution in [0.25, 0.3) is 0 Å². The number of nitrogen functional groups attached to an aromatic ring is 1. The Morgan fingerprint density at radius 2 is 2.15 bits per heavy atom. The number of carbonyl (C=O) groups excluding carboxylic acids is 1.